The number of hydrogen-bond donors (Lipinski definition) is 1. The first-order valence-corrected chi connectivity index (χ1v) is 13.1. The quantitative estimate of drug-likeness (QED) is 0.451. The van der Waals surface area contributed by atoms with Crippen molar-refractivity contribution in [1.82, 2.24) is 4.90 Å². The number of aliphatic hydroxyl groups is 1. The molecule has 3 rings (SSSR count). The van der Waals surface area contributed by atoms with E-state index >= 15 is 8.78 Å². The summed E-state index contributed by atoms with van der Waals surface area (Å²) in [5.74, 6) is 2.20. The van der Waals surface area contributed by atoms with E-state index in [4.69, 9.17) is 0 Å². The molecule has 1 atom stereocenters. The molecule has 0 spiro atoms. The van der Waals surface area contributed by atoms with Gasteiger partial charge in [0.1, 0.15) is 8.07 Å². The maximum absolute atomic E-state index is 15.4. The Morgan fingerprint density at radius 2 is 1.71 bits per heavy atom. The minimum atomic E-state index is -3.68. The monoisotopic (exact) mass is 417 g/mol. The van der Waals surface area contributed by atoms with Crippen molar-refractivity contribution < 1.29 is 18.7 Å². The van der Waals surface area contributed by atoms with E-state index in [0.29, 0.717) is 4.90 Å². The van der Waals surface area contributed by atoms with Crippen LogP contribution in [0, 0.1) is 11.5 Å². The van der Waals surface area contributed by atoms with Crippen LogP contribution in [0.1, 0.15) is 15.9 Å². The van der Waals surface area contributed by atoms with Gasteiger partial charge < -0.3 is 5.11 Å². The summed E-state index contributed by atoms with van der Waals surface area (Å²) in [6.07, 6.45) is 0. The lowest BCUT2D eigenvalue weighted by Crippen LogP contribution is -2.54. The molecule has 0 saturated carbocycles. The molecule has 1 heterocycles. The first-order chi connectivity index (χ1) is 13.1. The highest BCUT2D eigenvalue weighted by molar-refractivity contribution is 8.00. The van der Waals surface area contributed by atoms with Gasteiger partial charge in [-0.15, -0.1) is 5.54 Å². The summed E-state index contributed by atoms with van der Waals surface area (Å²) in [6, 6.07) is 14.1. The number of rotatable bonds is 4. The highest BCUT2D eigenvalue weighted by atomic mass is 32.2. The number of nitrogens with zero attached hydrogens (tertiary/aromatic N) is 1. The lowest BCUT2D eigenvalue weighted by molar-refractivity contribution is -0.194. The number of benzene rings is 2. The molecule has 0 aromatic heterocycles. The third-order valence-electron chi connectivity index (χ3n) is 4.26. The van der Waals surface area contributed by atoms with Crippen molar-refractivity contribution in [3.63, 3.8) is 0 Å². The average Bonchev–Trinajstić information content (AvgIpc) is 2.85. The molecule has 1 aliphatic heterocycles. The summed E-state index contributed by atoms with van der Waals surface area (Å²) in [7, 11) is -1.76. The number of alkyl halides is 2. The van der Waals surface area contributed by atoms with Gasteiger partial charge in [0.05, 0.1) is 6.54 Å². The zero-order chi connectivity index (χ0) is 20.6. The molecule has 0 saturated heterocycles. The summed E-state index contributed by atoms with van der Waals surface area (Å²) in [5.41, 5.74) is 0.268. The normalized spacial score (nSPS) is 19.2. The van der Waals surface area contributed by atoms with Crippen molar-refractivity contribution in [2.75, 3.05) is 6.54 Å². The Balaban J connectivity index is 2.06. The standard InChI is InChI=1S/C21H21F2NO2SSi/c1-28(2,3)15-9-14-24-19(25)17-12-7-8-13-18(17)20(24,26)21(22,23)27-16-10-5-4-6-11-16/h4-8,10-13,26H,14H2,1-3H3. The highest BCUT2D eigenvalue weighted by Gasteiger charge is 2.64. The Bertz CT molecular complexity index is 950. The van der Waals surface area contributed by atoms with E-state index in [1.54, 1.807) is 36.4 Å². The van der Waals surface area contributed by atoms with Crippen LogP contribution >= 0.6 is 11.8 Å². The van der Waals surface area contributed by atoms with Gasteiger partial charge in [-0.05, 0) is 30.0 Å². The van der Waals surface area contributed by atoms with Gasteiger partial charge in [-0.3, -0.25) is 9.69 Å². The molecule has 1 N–H and O–H groups in total. The first-order valence-electron chi connectivity index (χ1n) is 8.82. The van der Waals surface area contributed by atoms with E-state index in [-0.39, 0.29) is 29.4 Å². The molecule has 7 heteroatoms. The molecular weight excluding hydrogens is 396 g/mol. The van der Waals surface area contributed by atoms with Crippen LogP contribution in [0.25, 0.3) is 0 Å². The molecular formula is C21H21F2NO2SSi. The number of carbonyl (C=O) groups is 1. The van der Waals surface area contributed by atoms with E-state index < -0.39 is 25.0 Å². The Hall–Kier alpha value is -2.14. The lowest BCUT2D eigenvalue weighted by Gasteiger charge is -2.38. The number of carbonyl (C=O) groups excluding carboxylic acids is 1. The van der Waals surface area contributed by atoms with Gasteiger partial charge in [-0.25, -0.2) is 0 Å². The topological polar surface area (TPSA) is 40.5 Å². The van der Waals surface area contributed by atoms with Gasteiger partial charge in [-0.1, -0.05) is 62.0 Å². The largest absolute Gasteiger partial charge is 0.361 e. The molecule has 1 unspecified atom stereocenters. The van der Waals surface area contributed by atoms with Crippen molar-refractivity contribution in [2.24, 2.45) is 0 Å². The molecule has 2 aromatic rings. The maximum Gasteiger partial charge on any atom is 0.349 e. The molecule has 146 valence electrons. The maximum atomic E-state index is 15.4. The van der Waals surface area contributed by atoms with E-state index in [2.05, 4.69) is 11.5 Å². The Morgan fingerprint density at radius 3 is 2.36 bits per heavy atom. The SMILES string of the molecule is C[Si](C)(C)C#CCN1C(=O)c2ccccc2C1(O)C(F)(F)Sc1ccccc1. The summed E-state index contributed by atoms with van der Waals surface area (Å²) < 4.78 is 30.9. The Labute approximate surface area is 168 Å². The van der Waals surface area contributed by atoms with E-state index in [1.807, 2.05) is 19.6 Å². The Morgan fingerprint density at radius 1 is 1.11 bits per heavy atom. The van der Waals surface area contributed by atoms with Crippen LogP contribution in [0.4, 0.5) is 8.78 Å². The first kappa shape index (κ1) is 20.6. The van der Waals surface area contributed by atoms with Crippen LogP contribution in [0.3, 0.4) is 0 Å². The second-order valence-corrected chi connectivity index (χ2v) is 13.5. The summed E-state index contributed by atoms with van der Waals surface area (Å²) in [6.45, 7) is 5.80. The molecule has 28 heavy (non-hydrogen) atoms. The van der Waals surface area contributed by atoms with Gasteiger partial charge in [0.25, 0.3) is 5.91 Å². The van der Waals surface area contributed by atoms with Crippen LogP contribution < -0.4 is 0 Å². The van der Waals surface area contributed by atoms with Crippen LogP contribution in [-0.2, 0) is 5.72 Å². The lowest BCUT2D eigenvalue weighted by atomic mass is 10.0. The van der Waals surface area contributed by atoms with E-state index in [1.165, 1.54) is 18.2 Å². The third-order valence-corrected chi connectivity index (χ3v) is 6.24. The fourth-order valence-electron chi connectivity index (χ4n) is 3.00. The van der Waals surface area contributed by atoms with Gasteiger partial charge in [0.15, 0.2) is 0 Å². The van der Waals surface area contributed by atoms with Crippen LogP contribution in [-0.4, -0.2) is 35.8 Å². The highest BCUT2D eigenvalue weighted by Crippen LogP contribution is 2.54. The number of amides is 1. The van der Waals surface area contributed by atoms with Crippen molar-refractivity contribution in [3.8, 4) is 11.5 Å². The average molecular weight is 418 g/mol. The number of hydrogen-bond acceptors (Lipinski definition) is 3. The predicted octanol–water partition coefficient (Wildman–Crippen LogP) is 4.55. The zero-order valence-electron chi connectivity index (χ0n) is 15.9. The molecule has 0 fully saturated rings. The fraction of sp³-hybridized carbons (Fsp3) is 0.286. The summed E-state index contributed by atoms with van der Waals surface area (Å²) >= 11 is 0.234. The minimum Gasteiger partial charge on any atom is -0.361 e. The summed E-state index contributed by atoms with van der Waals surface area (Å²) in [4.78, 5) is 13.9. The summed E-state index contributed by atoms with van der Waals surface area (Å²) in [5, 5.41) is 7.59. The minimum absolute atomic E-state index is 0.0770. The van der Waals surface area contributed by atoms with Gasteiger partial charge in [0, 0.05) is 16.0 Å². The fourth-order valence-corrected chi connectivity index (χ4v) is 4.56. The molecule has 1 aliphatic rings. The van der Waals surface area contributed by atoms with Crippen LogP contribution in [0.15, 0.2) is 59.5 Å². The number of thioether (sulfide) groups is 1. The number of halogens is 2. The predicted molar refractivity (Wildman–Crippen MR) is 110 cm³/mol. The second-order valence-electron chi connectivity index (χ2n) is 7.59. The van der Waals surface area contributed by atoms with Crippen molar-refractivity contribution in [2.45, 2.75) is 35.5 Å². The third kappa shape index (κ3) is 3.72. The van der Waals surface area contributed by atoms with Crippen LogP contribution in [0.5, 0.6) is 0 Å². The van der Waals surface area contributed by atoms with Gasteiger partial charge in [0.2, 0.25) is 5.72 Å². The van der Waals surface area contributed by atoms with Crippen LogP contribution in [0.2, 0.25) is 19.6 Å². The van der Waals surface area contributed by atoms with Gasteiger partial charge >= 0.3 is 5.25 Å². The number of fused-ring (bicyclic) bond motifs is 1. The van der Waals surface area contributed by atoms with E-state index in [0.717, 1.165) is 4.90 Å². The van der Waals surface area contributed by atoms with Crippen molar-refractivity contribution in [3.05, 3.63) is 65.7 Å². The molecule has 2 aromatic carbocycles. The Kier molecular flexibility index (Phi) is 5.41. The van der Waals surface area contributed by atoms with E-state index in [9.17, 15) is 9.90 Å². The molecule has 3 nitrogen and oxygen atoms in total. The zero-order valence-corrected chi connectivity index (χ0v) is 17.7. The molecule has 1 amide bonds. The second kappa shape index (κ2) is 7.36. The smallest absolute Gasteiger partial charge is 0.349 e. The van der Waals surface area contributed by atoms with Crippen molar-refractivity contribution >= 4 is 25.7 Å². The molecule has 0 aliphatic carbocycles. The molecule has 0 bridgehead atoms. The molecule has 0 radical (unpaired) electrons. The van der Waals surface area contributed by atoms with Crippen molar-refractivity contribution in [1.29, 1.82) is 0 Å². The van der Waals surface area contributed by atoms with Gasteiger partial charge in [-0.2, -0.15) is 8.78 Å².